The smallest absolute Gasteiger partial charge is 0.216 e. The maximum absolute atomic E-state index is 6.15. The third kappa shape index (κ3) is 4.48. The van der Waals surface area contributed by atoms with E-state index in [9.17, 15) is 0 Å². The first-order chi connectivity index (χ1) is 11.6. The lowest BCUT2D eigenvalue weighted by atomic mass is 10.2. The van der Waals surface area contributed by atoms with E-state index in [1.54, 1.807) is 10.9 Å². The van der Waals surface area contributed by atoms with Crippen LogP contribution in [0.3, 0.4) is 0 Å². The number of nitrogens with zero attached hydrogens (tertiary/aromatic N) is 4. The van der Waals surface area contributed by atoms with Crippen LogP contribution in [0, 0.1) is 13.8 Å². The Morgan fingerprint density at radius 1 is 1.12 bits per heavy atom. The Kier molecular flexibility index (Phi) is 6.36. The van der Waals surface area contributed by atoms with Gasteiger partial charge in [-0.25, -0.2) is 14.6 Å². The highest BCUT2D eigenvalue weighted by Gasteiger charge is 2.07. The average Bonchev–Trinajstić information content (AvgIpc) is 3.04. The lowest BCUT2D eigenvalue weighted by Crippen LogP contribution is -2.14. The Balaban J connectivity index is 0.00000225. The molecule has 0 aliphatic heterocycles. The maximum atomic E-state index is 6.15. The molecule has 0 atom stereocenters. The first-order valence-electron chi connectivity index (χ1n) is 7.60. The lowest BCUT2D eigenvalue weighted by molar-refractivity contribution is 0.310. The van der Waals surface area contributed by atoms with E-state index in [2.05, 4.69) is 27.3 Å². The molecule has 132 valence electrons. The highest BCUT2D eigenvalue weighted by molar-refractivity contribution is 6.33. The molecule has 0 unspecified atom stereocenters. The van der Waals surface area contributed by atoms with E-state index in [0.29, 0.717) is 29.9 Å². The second-order valence-electron chi connectivity index (χ2n) is 5.31. The number of nitrogens with one attached hydrogen (secondary N) is 1. The van der Waals surface area contributed by atoms with Crippen molar-refractivity contribution in [2.75, 3.05) is 18.5 Å². The van der Waals surface area contributed by atoms with E-state index in [4.69, 9.17) is 16.3 Å². The molecule has 2 heterocycles. The van der Waals surface area contributed by atoms with Gasteiger partial charge in [-0.1, -0.05) is 36.7 Å². The molecule has 0 saturated heterocycles. The number of ether oxygens (including phenoxy) is 1. The summed E-state index contributed by atoms with van der Waals surface area (Å²) < 4.78 is 7.57. The summed E-state index contributed by atoms with van der Waals surface area (Å²) in [6, 6.07) is 9.94. The van der Waals surface area contributed by atoms with Gasteiger partial charge in [0.15, 0.2) is 0 Å². The van der Waals surface area contributed by atoms with Gasteiger partial charge >= 0.3 is 0 Å². The van der Waals surface area contributed by atoms with E-state index < -0.39 is 0 Å². The SMILES string of the molecule is C.Cc1ccc(-n2nccc2OCCNc2ncnc(C)c2Cl)cc1. The Hall–Kier alpha value is -2.60. The van der Waals surface area contributed by atoms with Crippen molar-refractivity contribution in [3.63, 3.8) is 0 Å². The number of benzene rings is 1. The summed E-state index contributed by atoms with van der Waals surface area (Å²) in [5, 5.41) is 7.98. The fourth-order valence-corrected chi connectivity index (χ4v) is 2.35. The molecule has 1 N–H and O–H groups in total. The quantitative estimate of drug-likeness (QED) is 0.672. The van der Waals surface area contributed by atoms with Crippen LogP contribution in [-0.4, -0.2) is 32.9 Å². The number of anilines is 1. The first kappa shape index (κ1) is 18.7. The molecule has 6 nitrogen and oxygen atoms in total. The molecule has 3 aromatic rings. The van der Waals surface area contributed by atoms with Gasteiger partial charge < -0.3 is 10.1 Å². The fourth-order valence-electron chi connectivity index (χ4n) is 2.19. The summed E-state index contributed by atoms with van der Waals surface area (Å²) >= 11 is 6.15. The van der Waals surface area contributed by atoms with E-state index in [1.165, 1.54) is 11.9 Å². The van der Waals surface area contributed by atoms with Crippen LogP contribution in [0.1, 0.15) is 18.7 Å². The van der Waals surface area contributed by atoms with Crippen molar-refractivity contribution in [3.8, 4) is 11.6 Å². The normalized spacial score (nSPS) is 10.2. The molecule has 0 aliphatic carbocycles. The van der Waals surface area contributed by atoms with Crippen molar-refractivity contribution in [2.24, 2.45) is 0 Å². The number of hydrogen-bond acceptors (Lipinski definition) is 5. The first-order valence-corrected chi connectivity index (χ1v) is 7.98. The van der Waals surface area contributed by atoms with Crippen molar-refractivity contribution < 1.29 is 4.74 Å². The van der Waals surface area contributed by atoms with Crippen molar-refractivity contribution >= 4 is 17.4 Å². The summed E-state index contributed by atoms with van der Waals surface area (Å²) in [5.41, 5.74) is 2.91. The van der Waals surface area contributed by atoms with Crippen molar-refractivity contribution in [1.82, 2.24) is 19.7 Å². The van der Waals surface area contributed by atoms with Gasteiger partial charge in [-0.15, -0.1) is 0 Å². The minimum atomic E-state index is 0. The van der Waals surface area contributed by atoms with Crippen LogP contribution in [-0.2, 0) is 0 Å². The molecule has 0 bridgehead atoms. The van der Waals surface area contributed by atoms with Crippen LogP contribution in [0.25, 0.3) is 5.69 Å². The molecule has 2 aromatic heterocycles. The van der Waals surface area contributed by atoms with Gasteiger partial charge in [0.1, 0.15) is 23.8 Å². The minimum absolute atomic E-state index is 0. The molecule has 3 rings (SSSR count). The molecule has 25 heavy (non-hydrogen) atoms. The maximum Gasteiger partial charge on any atom is 0.216 e. The van der Waals surface area contributed by atoms with E-state index in [-0.39, 0.29) is 7.43 Å². The Bertz CT molecular complexity index is 817. The Morgan fingerprint density at radius 2 is 1.88 bits per heavy atom. The number of hydrogen-bond donors (Lipinski definition) is 1. The van der Waals surface area contributed by atoms with Crippen LogP contribution in [0.2, 0.25) is 5.02 Å². The topological polar surface area (TPSA) is 64.9 Å². The molecular weight excluding hydrogens is 338 g/mol. The van der Waals surface area contributed by atoms with Gasteiger partial charge in [0.25, 0.3) is 0 Å². The van der Waals surface area contributed by atoms with Crippen LogP contribution in [0.4, 0.5) is 5.82 Å². The number of rotatable bonds is 6. The number of halogens is 1. The Morgan fingerprint density at radius 3 is 2.64 bits per heavy atom. The number of aryl methyl sites for hydroxylation is 2. The van der Waals surface area contributed by atoms with Crippen molar-refractivity contribution in [1.29, 1.82) is 0 Å². The standard InChI is InChI=1S/C17H18ClN5O.CH4/c1-12-3-5-14(6-4-12)23-15(7-8-22-23)24-10-9-19-17-16(18)13(2)20-11-21-17;/h3-8,11H,9-10H2,1-2H3,(H,19,20,21);1H4. The highest BCUT2D eigenvalue weighted by atomic mass is 35.5. The van der Waals surface area contributed by atoms with Gasteiger partial charge in [-0.2, -0.15) is 5.10 Å². The third-order valence-corrected chi connectivity index (χ3v) is 3.95. The van der Waals surface area contributed by atoms with Gasteiger partial charge in [0.05, 0.1) is 24.1 Å². The summed E-state index contributed by atoms with van der Waals surface area (Å²) in [7, 11) is 0. The molecule has 7 heteroatoms. The molecule has 0 spiro atoms. The summed E-state index contributed by atoms with van der Waals surface area (Å²) in [6.45, 7) is 4.91. The lowest BCUT2D eigenvalue weighted by Gasteiger charge is -2.11. The second kappa shape index (κ2) is 8.48. The van der Waals surface area contributed by atoms with Crippen molar-refractivity contribution in [3.05, 3.63) is 59.1 Å². The average molecular weight is 360 g/mol. The molecule has 0 amide bonds. The third-order valence-electron chi connectivity index (χ3n) is 3.49. The largest absolute Gasteiger partial charge is 0.476 e. The summed E-state index contributed by atoms with van der Waals surface area (Å²) in [5.74, 6) is 1.30. The van der Waals surface area contributed by atoms with Gasteiger partial charge in [0.2, 0.25) is 5.88 Å². The van der Waals surface area contributed by atoms with Gasteiger partial charge in [-0.3, -0.25) is 0 Å². The van der Waals surface area contributed by atoms with Crippen molar-refractivity contribution in [2.45, 2.75) is 21.3 Å². The highest BCUT2D eigenvalue weighted by Crippen LogP contribution is 2.21. The minimum Gasteiger partial charge on any atom is -0.476 e. The van der Waals surface area contributed by atoms with E-state index in [0.717, 1.165) is 11.4 Å². The summed E-state index contributed by atoms with van der Waals surface area (Å²) in [6.07, 6.45) is 3.20. The summed E-state index contributed by atoms with van der Waals surface area (Å²) in [4.78, 5) is 8.15. The molecule has 0 radical (unpaired) electrons. The van der Waals surface area contributed by atoms with E-state index in [1.807, 2.05) is 37.3 Å². The predicted molar refractivity (Wildman–Crippen MR) is 101 cm³/mol. The molecular formula is C18H22ClN5O. The zero-order chi connectivity index (χ0) is 16.9. The molecule has 1 aromatic carbocycles. The fraction of sp³-hybridized carbons (Fsp3) is 0.278. The second-order valence-corrected chi connectivity index (χ2v) is 5.69. The molecule has 0 saturated carbocycles. The van der Waals surface area contributed by atoms with Crippen LogP contribution >= 0.6 is 11.6 Å². The predicted octanol–water partition coefficient (Wildman–Crippen LogP) is 4.06. The van der Waals surface area contributed by atoms with Crippen LogP contribution < -0.4 is 10.1 Å². The van der Waals surface area contributed by atoms with E-state index >= 15 is 0 Å². The number of aromatic nitrogens is 4. The van der Waals surface area contributed by atoms with Crippen LogP contribution in [0.15, 0.2) is 42.9 Å². The Labute approximate surface area is 152 Å². The van der Waals surface area contributed by atoms with Gasteiger partial charge in [-0.05, 0) is 26.0 Å². The zero-order valence-corrected chi connectivity index (χ0v) is 14.3. The van der Waals surface area contributed by atoms with Gasteiger partial charge in [0, 0.05) is 6.07 Å². The zero-order valence-electron chi connectivity index (χ0n) is 13.5. The molecule has 0 fully saturated rings. The molecule has 0 aliphatic rings. The monoisotopic (exact) mass is 359 g/mol. The van der Waals surface area contributed by atoms with Crippen LogP contribution in [0.5, 0.6) is 5.88 Å².